The van der Waals surface area contributed by atoms with Crippen LogP contribution in [-0.4, -0.2) is 16.8 Å². The van der Waals surface area contributed by atoms with Crippen molar-refractivity contribution < 1.29 is 9.59 Å². The molecule has 0 saturated heterocycles. The number of hydrogen-bond donors (Lipinski definition) is 3. The standard InChI is InChI=1S/C18H16N4O2S/c1-12(23)20-14-5-7-15(8-6-14)21-17(24)13-3-2-4-16(11-13)22-18-19-9-10-25-18/h2-11H,1H3,(H,19,22)(H,20,23)(H,21,24). The predicted octanol–water partition coefficient (Wildman–Crippen LogP) is 4.10. The van der Waals surface area contributed by atoms with Gasteiger partial charge in [0.2, 0.25) is 5.91 Å². The predicted molar refractivity (Wildman–Crippen MR) is 101 cm³/mol. The van der Waals surface area contributed by atoms with Crippen LogP contribution in [0.3, 0.4) is 0 Å². The Balaban J connectivity index is 1.67. The molecule has 0 radical (unpaired) electrons. The molecule has 0 bridgehead atoms. The van der Waals surface area contributed by atoms with Crippen molar-refractivity contribution in [1.82, 2.24) is 4.98 Å². The van der Waals surface area contributed by atoms with Gasteiger partial charge in [-0.15, -0.1) is 11.3 Å². The summed E-state index contributed by atoms with van der Waals surface area (Å²) < 4.78 is 0. The molecule has 0 saturated carbocycles. The number of anilines is 4. The number of hydrogen-bond acceptors (Lipinski definition) is 5. The number of rotatable bonds is 5. The molecule has 0 aliphatic heterocycles. The van der Waals surface area contributed by atoms with E-state index >= 15 is 0 Å². The van der Waals surface area contributed by atoms with Crippen LogP contribution >= 0.6 is 11.3 Å². The minimum atomic E-state index is -0.213. The second kappa shape index (κ2) is 7.59. The van der Waals surface area contributed by atoms with E-state index in [2.05, 4.69) is 20.9 Å². The summed E-state index contributed by atoms with van der Waals surface area (Å²) in [5, 5.41) is 11.3. The van der Waals surface area contributed by atoms with Crippen molar-refractivity contribution in [1.29, 1.82) is 0 Å². The van der Waals surface area contributed by atoms with Crippen molar-refractivity contribution in [2.24, 2.45) is 0 Å². The van der Waals surface area contributed by atoms with Gasteiger partial charge in [0.15, 0.2) is 5.13 Å². The minimum absolute atomic E-state index is 0.138. The van der Waals surface area contributed by atoms with E-state index < -0.39 is 0 Å². The van der Waals surface area contributed by atoms with Crippen LogP contribution in [-0.2, 0) is 4.79 Å². The van der Waals surface area contributed by atoms with Gasteiger partial charge in [0.1, 0.15) is 0 Å². The van der Waals surface area contributed by atoms with E-state index in [1.165, 1.54) is 18.3 Å². The van der Waals surface area contributed by atoms with Gasteiger partial charge in [0.25, 0.3) is 5.91 Å². The molecule has 0 spiro atoms. The highest BCUT2D eigenvalue weighted by atomic mass is 32.1. The van der Waals surface area contributed by atoms with Crippen LogP contribution in [0.4, 0.5) is 22.2 Å². The molecule has 126 valence electrons. The number of carbonyl (C=O) groups excluding carboxylic acids is 2. The third-order valence-corrected chi connectivity index (χ3v) is 3.96. The first-order chi connectivity index (χ1) is 12.1. The Morgan fingerprint density at radius 2 is 1.68 bits per heavy atom. The fourth-order valence-electron chi connectivity index (χ4n) is 2.19. The summed E-state index contributed by atoms with van der Waals surface area (Å²) >= 11 is 1.49. The summed E-state index contributed by atoms with van der Waals surface area (Å²) in [6, 6.07) is 14.1. The van der Waals surface area contributed by atoms with Crippen LogP contribution < -0.4 is 16.0 Å². The first kappa shape index (κ1) is 16.7. The van der Waals surface area contributed by atoms with Crippen LogP contribution in [0, 0.1) is 0 Å². The lowest BCUT2D eigenvalue weighted by molar-refractivity contribution is -0.114. The average Bonchev–Trinajstić information content (AvgIpc) is 3.09. The normalized spacial score (nSPS) is 10.1. The first-order valence-electron chi connectivity index (χ1n) is 7.56. The largest absolute Gasteiger partial charge is 0.332 e. The van der Waals surface area contributed by atoms with E-state index in [1.807, 2.05) is 17.5 Å². The molecule has 3 N–H and O–H groups in total. The molecule has 0 fully saturated rings. The third kappa shape index (κ3) is 4.65. The Kier molecular flexibility index (Phi) is 5.06. The molecule has 0 aliphatic carbocycles. The van der Waals surface area contributed by atoms with E-state index in [9.17, 15) is 9.59 Å². The Labute approximate surface area is 148 Å². The summed E-state index contributed by atoms with van der Waals surface area (Å²) in [6.07, 6.45) is 1.72. The van der Waals surface area contributed by atoms with Crippen molar-refractivity contribution in [3.8, 4) is 0 Å². The van der Waals surface area contributed by atoms with Crippen molar-refractivity contribution in [2.75, 3.05) is 16.0 Å². The maximum Gasteiger partial charge on any atom is 0.255 e. The lowest BCUT2D eigenvalue weighted by atomic mass is 10.2. The van der Waals surface area contributed by atoms with Gasteiger partial charge in [0, 0.05) is 41.1 Å². The number of aromatic nitrogens is 1. The fraction of sp³-hybridized carbons (Fsp3) is 0.0556. The van der Waals surface area contributed by atoms with Crippen molar-refractivity contribution in [3.05, 3.63) is 65.7 Å². The van der Waals surface area contributed by atoms with Crippen LogP contribution in [0.1, 0.15) is 17.3 Å². The summed E-state index contributed by atoms with van der Waals surface area (Å²) in [6.45, 7) is 1.45. The summed E-state index contributed by atoms with van der Waals surface area (Å²) in [5.41, 5.74) is 2.66. The molecule has 2 amide bonds. The van der Waals surface area contributed by atoms with E-state index in [4.69, 9.17) is 0 Å². The summed E-state index contributed by atoms with van der Waals surface area (Å²) in [5.74, 6) is -0.351. The molecule has 0 unspecified atom stereocenters. The van der Waals surface area contributed by atoms with Crippen molar-refractivity contribution >= 4 is 45.3 Å². The zero-order chi connectivity index (χ0) is 17.6. The van der Waals surface area contributed by atoms with Gasteiger partial charge in [-0.25, -0.2) is 4.98 Å². The van der Waals surface area contributed by atoms with Crippen molar-refractivity contribution in [3.63, 3.8) is 0 Å². The highest BCUT2D eigenvalue weighted by molar-refractivity contribution is 7.13. The number of thiazole rings is 1. The molecule has 3 rings (SSSR count). The highest BCUT2D eigenvalue weighted by Crippen LogP contribution is 2.20. The molecule has 6 nitrogen and oxygen atoms in total. The molecule has 2 aromatic carbocycles. The molecule has 25 heavy (non-hydrogen) atoms. The molecule has 7 heteroatoms. The number of amides is 2. The second-order valence-electron chi connectivity index (χ2n) is 5.26. The van der Waals surface area contributed by atoms with E-state index in [0.717, 1.165) is 10.8 Å². The van der Waals surface area contributed by atoms with Gasteiger partial charge in [0.05, 0.1) is 0 Å². The summed E-state index contributed by atoms with van der Waals surface area (Å²) in [7, 11) is 0. The SMILES string of the molecule is CC(=O)Nc1ccc(NC(=O)c2cccc(Nc3nccs3)c2)cc1. The molecule has 0 aliphatic rings. The Morgan fingerprint density at radius 1 is 0.960 bits per heavy atom. The van der Waals surface area contributed by atoms with Crippen LogP contribution in [0.5, 0.6) is 0 Å². The van der Waals surface area contributed by atoms with E-state index in [0.29, 0.717) is 16.9 Å². The number of benzene rings is 2. The fourth-order valence-corrected chi connectivity index (χ4v) is 2.74. The third-order valence-electron chi connectivity index (χ3n) is 3.27. The molecule has 0 atom stereocenters. The average molecular weight is 352 g/mol. The van der Waals surface area contributed by atoms with Gasteiger partial charge < -0.3 is 16.0 Å². The lowest BCUT2D eigenvalue weighted by Gasteiger charge is -2.08. The summed E-state index contributed by atoms with van der Waals surface area (Å²) in [4.78, 5) is 27.6. The van der Waals surface area contributed by atoms with E-state index in [-0.39, 0.29) is 11.8 Å². The first-order valence-corrected chi connectivity index (χ1v) is 8.44. The number of carbonyl (C=O) groups is 2. The molecule has 1 aromatic heterocycles. The highest BCUT2D eigenvalue weighted by Gasteiger charge is 2.08. The van der Waals surface area contributed by atoms with E-state index in [1.54, 1.807) is 42.6 Å². The Bertz CT molecular complexity index is 876. The van der Waals surface area contributed by atoms with Gasteiger partial charge >= 0.3 is 0 Å². The Morgan fingerprint density at radius 3 is 2.32 bits per heavy atom. The maximum absolute atomic E-state index is 12.4. The quantitative estimate of drug-likeness (QED) is 0.646. The smallest absolute Gasteiger partial charge is 0.255 e. The molecule has 3 aromatic rings. The van der Waals surface area contributed by atoms with Gasteiger partial charge in [-0.2, -0.15) is 0 Å². The topological polar surface area (TPSA) is 83.1 Å². The van der Waals surface area contributed by atoms with Crippen LogP contribution in [0.25, 0.3) is 0 Å². The van der Waals surface area contributed by atoms with Gasteiger partial charge in [-0.05, 0) is 42.5 Å². The number of nitrogens with zero attached hydrogens (tertiary/aromatic N) is 1. The number of nitrogens with one attached hydrogen (secondary N) is 3. The van der Waals surface area contributed by atoms with Gasteiger partial charge in [-0.3, -0.25) is 9.59 Å². The monoisotopic (exact) mass is 352 g/mol. The maximum atomic E-state index is 12.4. The second-order valence-corrected chi connectivity index (χ2v) is 6.15. The molecular formula is C18H16N4O2S. The Hall–Kier alpha value is -3.19. The van der Waals surface area contributed by atoms with Gasteiger partial charge in [-0.1, -0.05) is 6.07 Å². The van der Waals surface area contributed by atoms with Crippen LogP contribution in [0.2, 0.25) is 0 Å². The zero-order valence-electron chi connectivity index (χ0n) is 13.4. The molecular weight excluding hydrogens is 336 g/mol. The van der Waals surface area contributed by atoms with Crippen molar-refractivity contribution in [2.45, 2.75) is 6.92 Å². The lowest BCUT2D eigenvalue weighted by Crippen LogP contribution is -2.12. The van der Waals surface area contributed by atoms with Crippen LogP contribution in [0.15, 0.2) is 60.1 Å². The zero-order valence-corrected chi connectivity index (χ0v) is 14.3. The molecule has 1 heterocycles. The minimum Gasteiger partial charge on any atom is -0.332 e.